The molecule has 0 unspecified atom stereocenters. The van der Waals surface area contributed by atoms with Crippen LogP contribution in [-0.4, -0.2) is 29.4 Å². The van der Waals surface area contributed by atoms with Crippen LogP contribution in [0.2, 0.25) is 0 Å². The van der Waals surface area contributed by atoms with Crippen molar-refractivity contribution in [3.05, 3.63) is 34.9 Å². The monoisotopic (exact) mass is 250 g/mol. The molecule has 0 atom stereocenters. The summed E-state index contributed by atoms with van der Waals surface area (Å²) in [5, 5.41) is 9.04. The number of carboxylic acid groups (broad SMARTS) is 1. The summed E-state index contributed by atoms with van der Waals surface area (Å²) in [6.45, 7) is 3.48. The Morgan fingerprint density at radius 2 is 1.83 bits per heavy atom. The number of Topliss-reactive ketones (excluding diaryl/α,β-unsaturated/α-hetero) is 1. The number of esters is 1. The lowest BCUT2D eigenvalue weighted by molar-refractivity contribution is 0.0514. The Morgan fingerprint density at radius 1 is 1.17 bits per heavy atom. The van der Waals surface area contributed by atoms with Gasteiger partial charge in [0.2, 0.25) is 0 Å². The standard InChI is InChI=1S/C13H14O5/c1-3-11(14)8-5-6-9(13(17)18-4-2)10(7-8)12(15)16/h5-7H,3-4H2,1-2H3,(H,15,16). The molecule has 1 rings (SSSR count). The van der Waals surface area contributed by atoms with Crippen LogP contribution < -0.4 is 0 Å². The van der Waals surface area contributed by atoms with Crippen LogP contribution in [0.15, 0.2) is 18.2 Å². The largest absolute Gasteiger partial charge is 0.478 e. The third-order valence-corrected chi connectivity index (χ3v) is 2.39. The molecule has 0 aliphatic heterocycles. The maximum Gasteiger partial charge on any atom is 0.338 e. The van der Waals surface area contributed by atoms with Crippen molar-refractivity contribution in [2.45, 2.75) is 20.3 Å². The lowest BCUT2D eigenvalue weighted by Crippen LogP contribution is -2.13. The molecule has 0 radical (unpaired) electrons. The number of ketones is 1. The summed E-state index contributed by atoms with van der Waals surface area (Å²) in [6.07, 6.45) is 0.276. The van der Waals surface area contributed by atoms with Gasteiger partial charge in [-0.1, -0.05) is 13.0 Å². The Labute approximate surface area is 104 Å². The fourth-order valence-corrected chi connectivity index (χ4v) is 1.49. The van der Waals surface area contributed by atoms with Crippen molar-refractivity contribution in [3.63, 3.8) is 0 Å². The molecule has 5 nitrogen and oxygen atoms in total. The Balaban J connectivity index is 3.25. The minimum Gasteiger partial charge on any atom is -0.478 e. The van der Waals surface area contributed by atoms with Gasteiger partial charge >= 0.3 is 11.9 Å². The molecule has 0 heterocycles. The van der Waals surface area contributed by atoms with E-state index in [1.807, 2.05) is 0 Å². The van der Waals surface area contributed by atoms with Gasteiger partial charge in [-0.15, -0.1) is 0 Å². The van der Waals surface area contributed by atoms with Gasteiger partial charge in [0, 0.05) is 12.0 Å². The lowest BCUT2D eigenvalue weighted by Gasteiger charge is -2.07. The Bertz CT molecular complexity index is 490. The van der Waals surface area contributed by atoms with Gasteiger partial charge < -0.3 is 9.84 Å². The molecule has 0 fully saturated rings. The number of aromatic carboxylic acids is 1. The number of carbonyl (C=O) groups is 3. The number of benzene rings is 1. The zero-order valence-corrected chi connectivity index (χ0v) is 10.2. The second-order valence-electron chi connectivity index (χ2n) is 3.56. The quantitative estimate of drug-likeness (QED) is 0.639. The minimum absolute atomic E-state index is 0.0444. The number of ether oxygens (including phenoxy) is 1. The average Bonchev–Trinajstić information content (AvgIpc) is 2.37. The summed E-state index contributed by atoms with van der Waals surface area (Å²) < 4.78 is 4.76. The van der Waals surface area contributed by atoms with E-state index in [2.05, 4.69) is 0 Å². The highest BCUT2D eigenvalue weighted by molar-refractivity contribution is 6.05. The zero-order valence-electron chi connectivity index (χ0n) is 10.2. The van der Waals surface area contributed by atoms with Crippen molar-refractivity contribution in [1.29, 1.82) is 0 Å². The van der Waals surface area contributed by atoms with Gasteiger partial charge in [-0.05, 0) is 19.1 Å². The van der Waals surface area contributed by atoms with Crippen LogP contribution in [0, 0.1) is 0 Å². The summed E-state index contributed by atoms with van der Waals surface area (Å²) in [4.78, 5) is 34.1. The van der Waals surface area contributed by atoms with Crippen molar-refractivity contribution < 1.29 is 24.2 Å². The average molecular weight is 250 g/mol. The summed E-state index contributed by atoms with van der Waals surface area (Å²) in [6, 6.07) is 3.95. The van der Waals surface area contributed by atoms with E-state index in [4.69, 9.17) is 9.84 Å². The van der Waals surface area contributed by atoms with E-state index in [1.54, 1.807) is 13.8 Å². The highest BCUT2D eigenvalue weighted by Crippen LogP contribution is 2.15. The minimum atomic E-state index is -1.26. The third-order valence-electron chi connectivity index (χ3n) is 2.39. The predicted molar refractivity (Wildman–Crippen MR) is 64.0 cm³/mol. The molecular formula is C13H14O5. The van der Waals surface area contributed by atoms with Crippen molar-refractivity contribution in [3.8, 4) is 0 Å². The maximum absolute atomic E-state index is 11.6. The predicted octanol–water partition coefficient (Wildman–Crippen LogP) is 2.15. The summed E-state index contributed by atoms with van der Waals surface area (Å²) in [7, 11) is 0. The van der Waals surface area contributed by atoms with Gasteiger partial charge in [0.15, 0.2) is 5.78 Å². The van der Waals surface area contributed by atoms with E-state index in [0.29, 0.717) is 0 Å². The van der Waals surface area contributed by atoms with Gasteiger partial charge in [-0.3, -0.25) is 4.79 Å². The van der Waals surface area contributed by atoms with Gasteiger partial charge in [-0.2, -0.15) is 0 Å². The van der Waals surface area contributed by atoms with E-state index in [1.165, 1.54) is 18.2 Å². The molecule has 0 aromatic heterocycles. The molecule has 0 saturated heterocycles. The Morgan fingerprint density at radius 3 is 2.33 bits per heavy atom. The second-order valence-corrected chi connectivity index (χ2v) is 3.56. The molecule has 5 heteroatoms. The molecule has 0 bridgehead atoms. The molecule has 96 valence electrons. The highest BCUT2D eigenvalue weighted by Gasteiger charge is 2.19. The van der Waals surface area contributed by atoms with E-state index < -0.39 is 11.9 Å². The Kier molecular flexibility index (Phi) is 4.59. The topological polar surface area (TPSA) is 80.7 Å². The van der Waals surface area contributed by atoms with Crippen LogP contribution in [0.1, 0.15) is 51.3 Å². The molecule has 0 spiro atoms. The third kappa shape index (κ3) is 2.94. The first-order chi connectivity index (χ1) is 8.51. The molecule has 0 aliphatic rings. The summed E-state index contributed by atoms with van der Waals surface area (Å²) >= 11 is 0. The number of rotatable bonds is 5. The van der Waals surface area contributed by atoms with E-state index in [-0.39, 0.29) is 35.5 Å². The molecular weight excluding hydrogens is 236 g/mol. The molecule has 0 aliphatic carbocycles. The molecule has 0 saturated carbocycles. The molecule has 1 N–H and O–H groups in total. The van der Waals surface area contributed by atoms with Crippen molar-refractivity contribution >= 4 is 17.7 Å². The van der Waals surface area contributed by atoms with Gasteiger partial charge in [0.1, 0.15) is 0 Å². The smallest absolute Gasteiger partial charge is 0.338 e. The van der Waals surface area contributed by atoms with Crippen LogP contribution in [-0.2, 0) is 4.74 Å². The first-order valence-corrected chi connectivity index (χ1v) is 5.58. The van der Waals surface area contributed by atoms with Gasteiger partial charge in [0.05, 0.1) is 17.7 Å². The molecule has 1 aromatic carbocycles. The lowest BCUT2D eigenvalue weighted by atomic mass is 10.0. The van der Waals surface area contributed by atoms with Crippen molar-refractivity contribution in [2.24, 2.45) is 0 Å². The zero-order chi connectivity index (χ0) is 13.7. The van der Waals surface area contributed by atoms with Crippen LogP contribution in [0.5, 0.6) is 0 Å². The fraction of sp³-hybridized carbons (Fsp3) is 0.308. The van der Waals surface area contributed by atoms with Crippen molar-refractivity contribution in [1.82, 2.24) is 0 Å². The maximum atomic E-state index is 11.6. The summed E-state index contributed by atoms with van der Waals surface area (Å²) in [5.41, 5.74) is 0.0210. The van der Waals surface area contributed by atoms with E-state index in [0.717, 1.165) is 0 Å². The van der Waals surface area contributed by atoms with Gasteiger partial charge in [-0.25, -0.2) is 9.59 Å². The fourth-order valence-electron chi connectivity index (χ4n) is 1.49. The number of carbonyl (C=O) groups excluding carboxylic acids is 2. The van der Waals surface area contributed by atoms with E-state index >= 15 is 0 Å². The molecule has 0 amide bonds. The van der Waals surface area contributed by atoms with Crippen molar-refractivity contribution in [2.75, 3.05) is 6.61 Å². The first-order valence-electron chi connectivity index (χ1n) is 5.58. The van der Waals surface area contributed by atoms with Gasteiger partial charge in [0.25, 0.3) is 0 Å². The van der Waals surface area contributed by atoms with Crippen LogP contribution in [0.25, 0.3) is 0 Å². The Hall–Kier alpha value is -2.17. The number of hydrogen-bond donors (Lipinski definition) is 1. The summed E-state index contributed by atoms with van der Waals surface area (Å²) in [5.74, 6) is -2.14. The van der Waals surface area contributed by atoms with E-state index in [9.17, 15) is 14.4 Å². The highest BCUT2D eigenvalue weighted by atomic mass is 16.5. The number of hydrogen-bond acceptors (Lipinski definition) is 4. The molecule has 18 heavy (non-hydrogen) atoms. The molecule has 1 aromatic rings. The SMILES string of the molecule is CCOC(=O)c1ccc(C(=O)CC)cc1C(=O)O. The number of carboxylic acids is 1. The normalized spacial score (nSPS) is 9.89. The van der Waals surface area contributed by atoms with Crippen LogP contribution >= 0.6 is 0 Å². The first kappa shape index (κ1) is 13.9. The van der Waals surface area contributed by atoms with Crippen LogP contribution in [0.3, 0.4) is 0 Å². The van der Waals surface area contributed by atoms with Crippen LogP contribution in [0.4, 0.5) is 0 Å². The second kappa shape index (κ2) is 5.95.